The molecule has 28 heavy (non-hydrogen) atoms. The number of morpholine rings is 1. The highest BCUT2D eigenvalue weighted by molar-refractivity contribution is 6.23. The number of hydrogen-bond donors (Lipinski definition) is 1. The van der Waals surface area contributed by atoms with Crippen LogP contribution in [0.3, 0.4) is 0 Å². The van der Waals surface area contributed by atoms with Gasteiger partial charge in [-0.3, -0.25) is 4.79 Å². The highest BCUT2D eigenvalue weighted by atomic mass is 16.7. The summed E-state index contributed by atoms with van der Waals surface area (Å²) in [5.41, 5.74) is 3.08. The second kappa shape index (κ2) is 7.01. The van der Waals surface area contributed by atoms with Gasteiger partial charge in [0.2, 0.25) is 6.79 Å². The normalized spacial score (nSPS) is 16.6. The quantitative estimate of drug-likeness (QED) is 0.710. The van der Waals surface area contributed by atoms with Crippen molar-refractivity contribution in [1.82, 2.24) is 14.9 Å². The molecule has 0 saturated carbocycles. The monoisotopic (exact) mass is 377 g/mol. The van der Waals surface area contributed by atoms with Crippen LogP contribution in [0.15, 0.2) is 42.5 Å². The Labute approximate surface area is 161 Å². The lowest BCUT2D eigenvalue weighted by Crippen LogP contribution is -2.41. The van der Waals surface area contributed by atoms with Gasteiger partial charge in [-0.15, -0.1) is 0 Å². The average Bonchev–Trinajstić information content (AvgIpc) is 3.38. The van der Waals surface area contributed by atoms with Crippen LogP contribution in [0.25, 0.3) is 22.7 Å². The summed E-state index contributed by atoms with van der Waals surface area (Å²) in [6.07, 6.45) is 1.84. The lowest BCUT2D eigenvalue weighted by atomic mass is 10.1. The van der Waals surface area contributed by atoms with Crippen molar-refractivity contribution in [3.05, 3.63) is 53.9 Å². The predicted molar refractivity (Wildman–Crippen MR) is 104 cm³/mol. The topological polar surface area (TPSA) is 76.7 Å². The van der Waals surface area contributed by atoms with Crippen molar-refractivity contribution >= 4 is 28.6 Å². The molecule has 0 atom stereocenters. The van der Waals surface area contributed by atoms with Gasteiger partial charge < -0.3 is 24.1 Å². The zero-order valence-corrected chi connectivity index (χ0v) is 15.2. The van der Waals surface area contributed by atoms with Gasteiger partial charge in [0.05, 0.1) is 29.8 Å². The summed E-state index contributed by atoms with van der Waals surface area (Å²) in [6.45, 7) is 2.44. The van der Waals surface area contributed by atoms with Crippen LogP contribution in [0.5, 0.6) is 11.5 Å². The van der Waals surface area contributed by atoms with Crippen LogP contribution < -0.4 is 9.47 Å². The van der Waals surface area contributed by atoms with E-state index in [4.69, 9.17) is 14.2 Å². The molecular formula is C21H19N3O4. The molecule has 7 heteroatoms. The van der Waals surface area contributed by atoms with Crippen molar-refractivity contribution in [2.75, 3.05) is 33.1 Å². The third-order valence-corrected chi connectivity index (χ3v) is 4.88. The highest BCUT2D eigenvalue weighted by Crippen LogP contribution is 2.34. The number of amides is 1. The molecule has 1 amide bonds. The summed E-state index contributed by atoms with van der Waals surface area (Å²) >= 11 is 0. The number of nitrogens with zero attached hydrogens (tertiary/aromatic N) is 2. The molecule has 0 bridgehead atoms. The van der Waals surface area contributed by atoms with Gasteiger partial charge in [-0.05, 0) is 35.9 Å². The zero-order chi connectivity index (χ0) is 18.9. The van der Waals surface area contributed by atoms with Crippen LogP contribution in [0, 0.1) is 0 Å². The van der Waals surface area contributed by atoms with E-state index in [-0.39, 0.29) is 12.7 Å². The number of ether oxygens (including phenoxy) is 3. The van der Waals surface area contributed by atoms with Gasteiger partial charge in [0.1, 0.15) is 5.82 Å². The summed E-state index contributed by atoms with van der Waals surface area (Å²) in [5, 5.41) is 0. The molecular weight excluding hydrogens is 358 g/mol. The van der Waals surface area contributed by atoms with E-state index in [1.165, 1.54) is 0 Å². The Balaban J connectivity index is 1.58. The minimum Gasteiger partial charge on any atom is -0.454 e. The summed E-state index contributed by atoms with van der Waals surface area (Å²) in [7, 11) is 0. The Kier molecular flexibility index (Phi) is 4.21. The van der Waals surface area contributed by atoms with Crippen molar-refractivity contribution in [1.29, 1.82) is 0 Å². The van der Waals surface area contributed by atoms with E-state index in [1.807, 2.05) is 48.5 Å². The van der Waals surface area contributed by atoms with E-state index in [1.54, 1.807) is 4.90 Å². The molecule has 0 radical (unpaired) electrons. The summed E-state index contributed by atoms with van der Waals surface area (Å²) in [6, 6.07) is 13.4. The molecule has 3 aromatic rings. The minimum atomic E-state index is -0.0694. The Bertz CT molecular complexity index is 1030. The minimum absolute atomic E-state index is 0.0694. The molecule has 0 unspecified atom stereocenters. The van der Waals surface area contributed by atoms with E-state index in [0.717, 1.165) is 16.6 Å². The Morgan fingerprint density at radius 3 is 2.75 bits per heavy atom. The number of carbonyl (C=O) groups is 1. The van der Waals surface area contributed by atoms with Gasteiger partial charge in [-0.2, -0.15) is 0 Å². The second-order valence-corrected chi connectivity index (χ2v) is 6.68. The smallest absolute Gasteiger partial charge is 0.257 e. The number of benzene rings is 2. The van der Waals surface area contributed by atoms with Crippen molar-refractivity contribution < 1.29 is 19.0 Å². The first-order valence-electron chi connectivity index (χ1n) is 9.21. The fraction of sp³-hybridized carbons (Fsp3) is 0.238. The fourth-order valence-corrected chi connectivity index (χ4v) is 3.42. The van der Waals surface area contributed by atoms with E-state index in [0.29, 0.717) is 49.2 Å². The van der Waals surface area contributed by atoms with Crippen molar-refractivity contribution in [2.24, 2.45) is 0 Å². The molecule has 0 spiro atoms. The maximum absolute atomic E-state index is 13.3. The predicted octanol–water partition coefficient (Wildman–Crippen LogP) is 2.69. The number of rotatable bonds is 3. The SMILES string of the molecule is O=C(/C(=C/c1ccc2c(c1)OCO2)c1nc2ccccc2[nH]1)N1CCOCC1. The van der Waals surface area contributed by atoms with Gasteiger partial charge in [-0.25, -0.2) is 4.98 Å². The third kappa shape index (κ3) is 3.10. The number of carbonyl (C=O) groups excluding carboxylic acids is 1. The number of H-pyrrole nitrogens is 1. The maximum atomic E-state index is 13.3. The van der Waals surface area contributed by atoms with Gasteiger partial charge in [0.25, 0.3) is 5.91 Å². The number of aromatic amines is 1. The number of aromatic nitrogens is 2. The Morgan fingerprint density at radius 1 is 1.07 bits per heavy atom. The molecule has 2 aliphatic rings. The van der Waals surface area contributed by atoms with E-state index in [2.05, 4.69) is 9.97 Å². The van der Waals surface area contributed by atoms with E-state index in [9.17, 15) is 4.79 Å². The van der Waals surface area contributed by atoms with Gasteiger partial charge in [-0.1, -0.05) is 18.2 Å². The van der Waals surface area contributed by atoms with Gasteiger partial charge in [0.15, 0.2) is 11.5 Å². The first kappa shape index (κ1) is 16.8. The summed E-state index contributed by atoms with van der Waals surface area (Å²) in [4.78, 5) is 23.0. The number of hydrogen-bond acceptors (Lipinski definition) is 5. The Morgan fingerprint density at radius 2 is 1.89 bits per heavy atom. The fourth-order valence-electron chi connectivity index (χ4n) is 3.42. The molecule has 1 aromatic heterocycles. The number of imidazole rings is 1. The van der Waals surface area contributed by atoms with Crippen LogP contribution >= 0.6 is 0 Å². The molecule has 2 aromatic carbocycles. The third-order valence-electron chi connectivity index (χ3n) is 4.88. The van der Waals surface area contributed by atoms with Crippen molar-refractivity contribution in [3.8, 4) is 11.5 Å². The van der Waals surface area contributed by atoms with Crippen LogP contribution in [-0.4, -0.2) is 53.9 Å². The molecule has 3 heterocycles. The largest absolute Gasteiger partial charge is 0.454 e. The summed E-state index contributed by atoms with van der Waals surface area (Å²) in [5.74, 6) is 1.87. The lowest BCUT2D eigenvalue weighted by Gasteiger charge is -2.27. The number of fused-ring (bicyclic) bond motifs is 2. The van der Waals surface area contributed by atoms with Crippen LogP contribution in [0.4, 0.5) is 0 Å². The van der Waals surface area contributed by atoms with Crippen LogP contribution in [0.1, 0.15) is 11.4 Å². The molecule has 2 aliphatic heterocycles. The highest BCUT2D eigenvalue weighted by Gasteiger charge is 2.24. The standard InChI is InChI=1S/C21H19N3O4/c25-21(24-7-9-26-10-8-24)15(20-22-16-3-1-2-4-17(16)23-20)11-14-5-6-18-19(12-14)28-13-27-18/h1-6,11-12H,7-10,13H2,(H,22,23)/b15-11+. The molecule has 142 valence electrons. The number of nitrogens with one attached hydrogen (secondary N) is 1. The first-order valence-corrected chi connectivity index (χ1v) is 9.21. The number of para-hydroxylation sites is 2. The molecule has 7 nitrogen and oxygen atoms in total. The maximum Gasteiger partial charge on any atom is 0.257 e. The second-order valence-electron chi connectivity index (χ2n) is 6.68. The average molecular weight is 377 g/mol. The Hall–Kier alpha value is -3.32. The zero-order valence-electron chi connectivity index (χ0n) is 15.2. The van der Waals surface area contributed by atoms with E-state index >= 15 is 0 Å². The van der Waals surface area contributed by atoms with Crippen molar-refractivity contribution in [3.63, 3.8) is 0 Å². The van der Waals surface area contributed by atoms with Gasteiger partial charge in [0, 0.05) is 13.1 Å². The van der Waals surface area contributed by atoms with Gasteiger partial charge >= 0.3 is 0 Å². The first-order chi connectivity index (χ1) is 13.8. The molecule has 5 rings (SSSR count). The molecule has 1 saturated heterocycles. The molecule has 1 fully saturated rings. The van der Waals surface area contributed by atoms with E-state index < -0.39 is 0 Å². The van der Waals surface area contributed by atoms with Crippen LogP contribution in [0.2, 0.25) is 0 Å². The lowest BCUT2D eigenvalue weighted by molar-refractivity contribution is -0.128. The molecule has 0 aliphatic carbocycles. The summed E-state index contributed by atoms with van der Waals surface area (Å²) < 4.78 is 16.2. The van der Waals surface area contributed by atoms with Crippen LogP contribution in [-0.2, 0) is 9.53 Å². The molecule has 1 N–H and O–H groups in total. The van der Waals surface area contributed by atoms with Crippen molar-refractivity contribution in [2.45, 2.75) is 0 Å².